The fourth-order valence-corrected chi connectivity index (χ4v) is 2.08. The van der Waals surface area contributed by atoms with Crippen LogP contribution in [0, 0.1) is 0 Å². The molecule has 1 aromatic heterocycles. The first-order valence-electron chi connectivity index (χ1n) is 4.94. The number of furan rings is 1. The summed E-state index contributed by atoms with van der Waals surface area (Å²) < 4.78 is 5.55. The van der Waals surface area contributed by atoms with E-state index in [1.54, 1.807) is 0 Å². The van der Waals surface area contributed by atoms with Gasteiger partial charge < -0.3 is 14.4 Å². The molecular weight excluding hydrogens is 180 g/mol. The number of nitrogens with zero attached hydrogens (tertiary/aromatic N) is 1. The van der Waals surface area contributed by atoms with Crippen molar-refractivity contribution in [3.05, 3.63) is 23.7 Å². The molecule has 0 saturated carbocycles. The summed E-state index contributed by atoms with van der Waals surface area (Å²) in [7, 11) is 4.26. The van der Waals surface area contributed by atoms with Gasteiger partial charge in [-0.05, 0) is 19.2 Å². The highest BCUT2D eigenvalue weighted by Gasteiger charge is 2.34. The van der Waals surface area contributed by atoms with Crippen molar-refractivity contribution >= 4 is 0 Å². The molecule has 14 heavy (non-hydrogen) atoms. The quantitative estimate of drug-likeness (QED) is 0.654. The Kier molecular flexibility index (Phi) is 2.58. The minimum Gasteiger partial charge on any atom is -0.456 e. The monoisotopic (exact) mass is 197 g/mol. The van der Waals surface area contributed by atoms with Crippen LogP contribution in [-0.2, 0) is 6.61 Å². The van der Waals surface area contributed by atoms with E-state index in [4.69, 9.17) is 9.52 Å². The summed E-state index contributed by atoms with van der Waals surface area (Å²) in [5, 5.41) is 8.91. The van der Waals surface area contributed by atoms with E-state index in [2.05, 4.69) is 19.0 Å². The molecule has 0 bridgehead atoms. The number of likely N-dealkylation sites (N-methyl/N-ethyl adjacent to an activating group) is 2. The second-order valence-electron chi connectivity index (χ2n) is 3.94. The second kappa shape index (κ2) is 3.73. The van der Waals surface area contributed by atoms with E-state index in [1.807, 2.05) is 12.1 Å². The van der Waals surface area contributed by atoms with Gasteiger partial charge in [0.05, 0.1) is 20.1 Å². The molecule has 2 unspecified atom stereocenters. The normalized spacial score (nSPS) is 28.5. The number of aliphatic hydroxyl groups excluding tert-OH is 1. The molecule has 1 aliphatic heterocycles. The minimum absolute atomic E-state index is 0.0184. The Balaban J connectivity index is 2.20. The smallest absolute Gasteiger partial charge is 0.203 e. The van der Waals surface area contributed by atoms with Crippen molar-refractivity contribution in [2.45, 2.75) is 12.8 Å². The Morgan fingerprint density at radius 3 is 2.93 bits per heavy atom. The first kappa shape index (κ1) is 9.71. The summed E-state index contributed by atoms with van der Waals surface area (Å²) in [5.41, 5.74) is 0. The SMILES string of the molecule is CN1CC[NH+](C)C1c1ccc(CO)o1. The number of nitrogens with one attached hydrogen (secondary N) is 1. The third kappa shape index (κ3) is 1.56. The summed E-state index contributed by atoms with van der Waals surface area (Å²) in [6, 6.07) is 3.80. The molecule has 1 aliphatic rings. The van der Waals surface area contributed by atoms with Crippen molar-refractivity contribution in [3.63, 3.8) is 0 Å². The van der Waals surface area contributed by atoms with Crippen LogP contribution in [0.25, 0.3) is 0 Å². The lowest BCUT2D eigenvalue weighted by Gasteiger charge is -2.18. The first-order chi connectivity index (χ1) is 6.72. The molecule has 2 rings (SSSR count). The molecular formula is C10H17N2O2+. The summed E-state index contributed by atoms with van der Waals surface area (Å²) in [5.74, 6) is 1.60. The highest BCUT2D eigenvalue weighted by molar-refractivity contribution is 5.08. The van der Waals surface area contributed by atoms with Crippen molar-refractivity contribution in [3.8, 4) is 0 Å². The van der Waals surface area contributed by atoms with Gasteiger partial charge >= 0.3 is 0 Å². The molecule has 2 atom stereocenters. The molecule has 0 aromatic carbocycles. The number of hydrogen-bond acceptors (Lipinski definition) is 3. The fraction of sp³-hybridized carbons (Fsp3) is 0.600. The van der Waals surface area contributed by atoms with Gasteiger partial charge in [0.1, 0.15) is 12.4 Å². The van der Waals surface area contributed by atoms with Crippen molar-refractivity contribution in [2.24, 2.45) is 0 Å². The zero-order chi connectivity index (χ0) is 10.1. The average molecular weight is 197 g/mol. The fourth-order valence-electron chi connectivity index (χ4n) is 2.08. The van der Waals surface area contributed by atoms with E-state index in [1.165, 1.54) is 4.90 Å². The lowest BCUT2D eigenvalue weighted by atomic mass is 10.3. The van der Waals surface area contributed by atoms with Gasteiger partial charge in [-0.3, -0.25) is 0 Å². The zero-order valence-electron chi connectivity index (χ0n) is 8.66. The summed E-state index contributed by atoms with van der Waals surface area (Å²) in [6.45, 7) is 2.21. The third-order valence-electron chi connectivity index (χ3n) is 2.87. The maximum absolute atomic E-state index is 8.91. The van der Waals surface area contributed by atoms with E-state index in [0.717, 1.165) is 18.8 Å². The highest BCUT2D eigenvalue weighted by Crippen LogP contribution is 2.18. The topological polar surface area (TPSA) is 41.0 Å². The molecule has 1 aromatic rings. The van der Waals surface area contributed by atoms with Crippen molar-refractivity contribution < 1.29 is 14.4 Å². The number of aliphatic hydroxyl groups is 1. The molecule has 4 nitrogen and oxygen atoms in total. The van der Waals surface area contributed by atoms with Gasteiger partial charge in [-0.15, -0.1) is 0 Å². The predicted octanol–water partition coefficient (Wildman–Crippen LogP) is -0.769. The number of hydrogen-bond donors (Lipinski definition) is 2. The van der Waals surface area contributed by atoms with Crippen molar-refractivity contribution in [1.82, 2.24) is 4.90 Å². The van der Waals surface area contributed by atoms with Crippen LogP contribution in [-0.4, -0.2) is 37.2 Å². The van der Waals surface area contributed by atoms with Gasteiger partial charge in [-0.25, -0.2) is 4.90 Å². The lowest BCUT2D eigenvalue weighted by Crippen LogP contribution is -3.07. The largest absolute Gasteiger partial charge is 0.456 e. The van der Waals surface area contributed by atoms with E-state index in [9.17, 15) is 0 Å². The molecule has 1 saturated heterocycles. The molecule has 0 spiro atoms. The van der Waals surface area contributed by atoms with E-state index in [-0.39, 0.29) is 6.61 Å². The third-order valence-corrected chi connectivity index (χ3v) is 2.87. The van der Waals surface area contributed by atoms with Crippen LogP contribution in [0.15, 0.2) is 16.5 Å². The first-order valence-corrected chi connectivity index (χ1v) is 4.94. The number of quaternary nitrogens is 1. The van der Waals surface area contributed by atoms with Crippen molar-refractivity contribution in [1.29, 1.82) is 0 Å². The van der Waals surface area contributed by atoms with Gasteiger partial charge in [0, 0.05) is 0 Å². The predicted molar refractivity (Wildman–Crippen MR) is 51.8 cm³/mol. The summed E-state index contributed by atoms with van der Waals surface area (Å²) >= 11 is 0. The molecule has 0 radical (unpaired) electrons. The standard InChI is InChI=1S/C10H16N2O2/c1-11-5-6-12(2)10(11)9-4-3-8(7-13)14-9/h3-4,10,13H,5-7H2,1-2H3/p+1. The van der Waals surface area contributed by atoms with Crippen LogP contribution in [0.1, 0.15) is 17.7 Å². The zero-order valence-corrected chi connectivity index (χ0v) is 8.66. The molecule has 0 aliphatic carbocycles. The molecule has 78 valence electrons. The van der Waals surface area contributed by atoms with Crippen LogP contribution < -0.4 is 4.90 Å². The highest BCUT2D eigenvalue weighted by atomic mass is 16.4. The van der Waals surface area contributed by atoms with Crippen LogP contribution >= 0.6 is 0 Å². The van der Waals surface area contributed by atoms with E-state index < -0.39 is 0 Å². The van der Waals surface area contributed by atoms with Gasteiger partial charge in [-0.2, -0.15) is 0 Å². The van der Waals surface area contributed by atoms with E-state index in [0.29, 0.717) is 11.9 Å². The lowest BCUT2D eigenvalue weighted by molar-refractivity contribution is -0.906. The summed E-state index contributed by atoms with van der Waals surface area (Å²) in [6.07, 6.45) is 0.301. The maximum atomic E-state index is 8.91. The van der Waals surface area contributed by atoms with Crippen LogP contribution in [0.5, 0.6) is 0 Å². The average Bonchev–Trinajstić information content (AvgIpc) is 2.73. The minimum atomic E-state index is -0.0184. The van der Waals surface area contributed by atoms with Gasteiger partial charge in [0.15, 0.2) is 5.76 Å². The Bertz CT molecular complexity index is 301. The van der Waals surface area contributed by atoms with Crippen LogP contribution in [0.2, 0.25) is 0 Å². The second-order valence-corrected chi connectivity index (χ2v) is 3.94. The Morgan fingerprint density at radius 1 is 1.64 bits per heavy atom. The maximum Gasteiger partial charge on any atom is 0.203 e. The Labute approximate surface area is 83.7 Å². The molecule has 4 heteroatoms. The summed E-state index contributed by atoms with van der Waals surface area (Å²) in [4.78, 5) is 3.71. The molecule has 0 amide bonds. The Morgan fingerprint density at radius 2 is 2.43 bits per heavy atom. The van der Waals surface area contributed by atoms with Crippen LogP contribution in [0.3, 0.4) is 0 Å². The molecule has 2 heterocycles. The van der Waals surface area contributed by atoms with Gasteiger partial charge in [-0.1, -0.05) is 0 Å². The van der Waals surface area contributed by atoms with Crippen molar-refractivity contribution in [2.75, 3.05) is 27.2 Å². The Hall–Kier alpha value is -0.840. The van der Waals surface area contributed by atoms with Gasteiger partial charge in [0.25, 0.3) is 0 Å². The van der Waals surface area contributed by atoms with E-state index >= 15 is 0 Å². The number of rotatable bonds is 2. The molecule has 1 fully saturated rings. The molecule has 2 N–H and O–H groups in total. The van der Waals surface area contributed by atoms with Crippen LogP contribution in [0.4, 0.5) is 0 Å². The van der Waals surface area contributed by atoms with Gasteiger partial charge in [0.2, 0.25) is 6.17 Å².